The van der Waals surface area contributed by atoms with Crippen molar-refractivity contribution in [3.8, 4) is 6.07 Å². The van der Waals surface area contributed by atoms with Crippen molar-refractivity contribution in [2.45, 2.75) is 19.8 Å². The van der Waals surface area contributed by atoms with Gasteiger partial charge < -0.3 is 10.6 Å². The lowest BCUT2D eigenvalue weighted by atomic mass is 10.0. The molecule has 108 valence electrons. The Morgan fingerprint density at radius 3 is 2.57 bits per heavy atom. The van der Waals surface area contributed by atoms with E-state index in [1.54, 1.807) is 6.07 Å². The molecule has 2 N–H and O–H groups in total. The molecule has 2 aromatic rings. The smallest absolute Gasteiger partial charge is 0.236 e. The number of carbonyl (C=O) groups excluding carboxylic acids is 1. The second-order valence-electron chi connectivity index (χ2n) is 5.03. The van der Waals surface area contributed by atoms with Crippen molar-refractivity contribution in [1.82, 2.24) is 0 Å². The van der Waals surface area contributed by atoms with E-state index in [9.17, 15) is 10.1 Å². The number of nitriles is 1. The Bertz CT molecular complexity index is 688. The van der Waals surface area contributed by atoms with Crippen LogP contribution in [0.1, 0.15) is 25.3 Å². The summed E-state index contributed by atoms with van der Waals surface area (Å²) in [5.41, 5.74) is 6.97. The monoisotopic (exact) mass is 281 g/mol. The molecule has 2 aromatic carbocycles. The fourth-order valence-electron chi connectivity index (χ4n) is 2.48. The second-order valence-corrected chi connectivity index (χ2v) is 5.03. The van der Waals surface area contributed by atoms with E-state index in [1.165, 1.54) is 0 Å². The predicted molar refractivity (Wildman–Crippen MR) is 85.0 cm³/mol. The predicted octanol–water partition coefficient (Wildman–Crippen LogP) is 2.80. The lowest BCUT2D eigenvalue weighted by molar-refractivity contribution is -0.116. The number of rotatable bonds is 6. The van der Waals surface area contributed by atoms with Crippen LogP contribution in [-0.4, -0.2) is 19.0 Å². The maximum Gasteiger partial charge on any atom is 0.236 e. The van der Waals surface area contributed by atoms with Gasteiger partial charge in [0.1, 0.15) is 0 Å². The Morgan fingerprint density at radius 1 is 1.24 bits per heavy atom. The molecule has 0 aromatic heterocycles. The highest BCUT2D eigenvalue weighted by Crippen LogP contribution is 2.29. The Labute approximate surface area is 124 Å². The van der Waals surface area contributed by atoms with E-state index < -0.39 is 0 Å². The number of amides is 1. The summed E-state index contributed by atoms with van der Waals surface area (Å²) in [4.78, 5) is 13.3. The summed E-state index contributed by atoms with van der Waals surface area (Å²) in [6.45, 7) is 3.07. The van der Waals surface area contributed by atoms with E-state index in [4.69, 9.17) is 5.73 Å². The van der Waals surface area contributed by atoms with Gasteiger partial charge in [-0.15, -0.1) is 0 Å². The highest BCUT2D eigenvalue weighted by molar-refractivity contribution is 5.98. The molecular formula is C17H19N3O. The van der Waals surface area contributed by atoms with Gasteiger partial charge in [0.2, 0.25) is 5.91 Å². The van der Waals surface area contributed by atoms with E-state index in [2.05, 4.69) is 13.0 Å². The summed E-state index contributed by atoms with van der Waals surface area (Å²) in [5, 5.41) is 11.1. The van der Waals surface area contributed by atoms with Gasteiger partial charge >= 0.3 is 0 Å². The molecule has 0 heterocycles. The summed E-state index contributed by atoms with van der Waals surface area (Å²) in [5.74, 6) is -0.348. The SMILES string of the molecule is CCCCN(CC(N)=O)c1ccc(C#N)c2ccccc12. The van der Waals surface area contributed by atoms with Gasteiger partial charge in [0, 0.05) is 23.0 Å². The zero-order valence-corrected chi connectivity index (χ0v) is 12.2. The van der Waals surface area contributed by atoms with Crippen molar-refractivity contribution in [3.05, 3.63) is 42.0 Å². The Kier molecular flexibility index (Phi) is 4.78. The molecule has 0 unspecified atom stereocenters. The first-order valence-electron chi connectivity index (χ1n) is 7.12. The number of unbranched alkanes of at least 4 members (excludes halogenated alkanes) is 1. The first-order valence-corrected chi connectivity index (χ1v) is 7.12. The van der Waals surface area contributed by atoms with Gasteiger partial charge in [-0.3, -0.25) is 4.79 Å². The molecule has 0 aliphatic heterocycles. The van der Waals surface area contributed by atoms with Crippen LogP contribution in [0.3, 0.4) is 0 Å². The van der Waals surface area contributed by atoms with Crippen molar-refractivity contribution in [2.75, 3.05) is 18.0 Å². The van der Waals surface area contributed by atoms with Crippen LogP contribution in [0.5, 0.6) is 0 Å². The normalized spacial score (nSPS) is 10.3. The maximum atomic E-state index is 11.3. The minimum atomic E-state index is -0.348. The lowest BCUT2D eigenvalue weighted by Gasteiger charge is -2.25. The molecule has 0 aliphatic carbocycles. The minimum Gasteiger partial charge on any atom is -0.368 e. The molecule has 21 heavy (non-hydrogen) atoms. The topological polar surface area (TPSA) is 70.1 Å². The van der Waals surface area contributed by atoms with Crippen LogP contribution >= 0.6 is 0 Å². The number of primary amides is 1. The Morgan fingerprint density at radius 2 is 1.95 bits per heavy atom. The van der Waals surface area contributed by atoms with E-state index in [0.29, 0.717) is 5.56 Å². The second kappa shape index (κ2) is 6.76. The first-order chi connectivity index (χ1) is 10.2. The fraction of sp³-hybridized carbons (Fsp3) is 0.294. The minimum absolute atomic E-state index is 0.190. The molecule has 4 nitrogen and oxygen atoms in total. The van der Waals surface area contributed by atoms with Crippen LogP contribution in [0.25, 0.3) is 10.8 Å². The quantitative estimate of drug-likeness (QED) is 0.885. The average molecular weight is 281 g/mol. The van der Waals surface area contributed by atoms with Gasteiger partial charge in [-0.1, -0.05) is 37.6 Å². The van der Waals surface area contributed by atoms with E-state index in [-0.39, 0.29) is 12.5 Å². The van der Waals surface area contributed by atoms with Crippen molar-refractivity contribution in [1.29, 1.82) is 5.26 Å². The first kappa shape index (κ1) is 14.9. The van der Waals surface area contributed by atoms with Gasteiger partial charge in [0.05, 0.1) is 18.2 Å². The van der Waals surface area contributed by atoms with E-state index in [1.807, 2.05) is 35.2 Å². The number of hydrogen-bond donors (Lipinski definition) is 1. The number of carbonyl (C=O) groups is 1. The third-order valence-corrected chi connectivity index (χ3v) is 3.49. The van der Waals surface area contributed by atoms with E-state index in [0.717, 1.165) is 35.8 Å². The number of anilines is 1. The molecule has 0 radical (unpaired) electrons. The van der Waals surface area contributed by atoms with Crippen molar-refractivity contribution >= 4 is 22.4 Å². The van der Waals surface area contributed by atoms with Crippen LogP contribution in [0, 0.1) is 11.3 Å². The number of benzene rings is 2. The number of hydrogen-bond acceptors (Lipinski definition) is 3. The summed E-state index contributed by atoms with van der Waals surface area (Å²) in [7, 11) is 0. The summed E-state index contributed by atoms with van der Waals surface area (Å²) in [6, 6.07) is 13.7. The maximum absolute atomic E-state index is 11.3. The van der Waals surface area contributed by atoms with Crippen LogP contribution in [0.4, 0.5) is 5.69 Å². The third kappa shape index (κ3) is 3.32. The summed E-state index contributed by atoms with van der Waals surface area (Å²) in [6.07, 6.45) is 2.03. The van der Waals surface area contributed by atoms with Crippen LogP contribution < -0.4 is 10.6 Å². The molecule has 2 rings (SSSR count). The van der Waals surface area contributed by atoms with Gasteiger partial charge in [-0.25, -0.2) is 0 Å². The zero-order chi connectivity index (χ0) is 15.2. The molecule has 0 fully saturated rings. The highest BCUT2D eigenvalue weighted by atomic mass is 16.1. The highest BCUT2D eigenvalue weighted by Gasteiger charge is 2.13. The molecular weight excluding hydrogens is 262 g/mol. The van der Waals surface area contributed by atoms with Gasteiger partial charge in [0.25, 0.3) is 0 Å². The van der Waals surface area contributed by atoms with Crippen molar-refractivity contribution in [2.24, 2.45) is 5.73 Å². The van der Waals surface area contributed by atoms with Crippen LogP contribution in [0.15, 0.2) is 36.4 Å². The lowest BCUT2D eigenvalue weighted by Crippen LogP contribution is -2.34. The Hall–Kier alpha value is -2.54. The summed E-state index contributed by atoms with van der Waals surface area (Å²) < 4.78 is 0. The summed E-state index contributed by atoms with van der Waals surface area (Å²) >= 11 is 0. The fourth-order valence-corrected chi connectivity index (χ4v) is 2.48. The average Bonchev–Trinajstić information content (AvgIpc) is 2.50. The largest absolute Gasteiger partial charge is 0.368 e. The van der Waals surface area contributed by atoms with Crippen LogP contribution in [0.2, 0.25) is 0 Å². The Balaban J connectivity index is 2.52. The van der Waals surface area contributed by atoms with Crippen LogP contribution in [-0.2, 0) is 4.79 Å². The number of nitrogens with two attached hydrogens (primary N) is 1. The molecule has 0 atom stereocenters. The van der Waals surface area contributed by atoms with Crippen molar-refractivity contribution in [3.63, 3.8) is 0 Å². The zero-order valence-electron chi connectivity index (χ0n) is 12.2. The molecule has 1 amide bonds. The molecule has 0 saturated carbocycles. The third-order valence-electron chi connectivity index (χ3n) is 3.49. The molecule has 0 aliphatic rings. The molecule has 0 saturated heterocycles. The standard InChI is InChI=1S/C17H19N3O/c1-2-3-10-20(12-17(19)21)16-9-8-13(11-18)14-6-4-5-7-15(14)16/h4-9H,2-3,10,12H2,1H3,(H2,19,21). The van der Waals surface area contributed by atoms with Gasteiger partial charge in [-0.2, -0.15) is 5.26 Å². The molecule has 0 bridgehead atoms. The molecule has 4 heteroatoms. The van der Waals surface area contributed by atoms with Gasteiger partial charge in [-0.05, 0) is 18.6 Å². The number of nitrogens with zero attached hydrogens (tertiary/aromatic N) is 2. The van der Waals surface area contributed by atoms with Gasteiger partial charge in [0.15, 0.2) is 0 Å². The van der Waals surface area contributed by atoms with Crippen molar-refractivity contribution < 1.29 is 4.79 Å². The molecule has 0 spiro atoms. The van der Waals surface area contributed by atoms with E-state index >= 15 is 0 Å². The number of fused-ring (bicyclic) bond motifs is 1.